The molecule has 0 N–H and O–H groups in total. The molecular formula is C16H13Cl3N4O2S. The van der Waals surface area contributed by atoms with E-state index in [9.17, 15) is 0 Å². The van der Waals surface area contributed by atoms with Crippen LogP contribution in [0, 0.1) is 0 Å². The predicted molar refractivity (Wildman–Crippen MR) is 104 cm³/mol. The van der Waals surface area contributed by atoms with Crippen molar-refractivity contribution in [1.82, 2.24) is 14.9 Å². The molecule has 136 valence electrons. The molecule has 0 spiro atoms. The van der Waals surface area contributed by atoms with Crippen LogP contribution in [0.1, 0.15) is 18.4 Å². The molecule has 2 heterocycles. The third kappa shape index (κ3) is 4.73. The van der Waals surface area contributed by atoms with Crippen molar-refractivity contribution >= 4 is 52.8 Å². The van der Waals surface area contributed by atoms with Gasteiger partial charge in [-0.05, 0) is 30.0 Å². The number of furan rings is 1. The van der Waals surface area contributed by atoms with Crippen LogP contribution in [0.5, 0.6) is 5.75 Å². The van der Waals surface area contributed by atoms with Crippen LogP contribution in [0.15, 0.2) is 45.3 Å². The molecule has 26 heavy (non-hydrogen) atoms. The SMILES string of the molecule is CCSc1nncn1N=Cc1ccc(COc2c(Cl)cc(Cl)cc2Cl)o1. The van der Waals surface area contributed by atoms with Gasteiger partial charge in [-0.25, -0.2) is 0 Å². The summed E-state index contributed by atoms with van der Waals surface area (Å²) < 4.78 is 12.9. The van der Waals surface area contributed by atoms with Crippen LogP contribution in [0.4, 0.5) is 0 Å². The Labute approximate surface area is 169 Å². The number of hydrogen-bond donors (Lipinski definition) is 0. The number of rotatable bonds is 7. The zero-order valence-corrected chi connectivity index (χ0v) is 16.6. The van der Waals surface area contributed by atoms with E-state index in [0.717, 1.165) is 5.75 Å². The highest BCUT2D eigenvalue weighted by molar-refractivity contribution is 7.99. The molecule has 10 heteroatoms. The van der Waals surface area contributed by atoms with Crippen LogP contribution in [0.25, 0.3) is 0 Å². The van der Waals surface area contributed by atoms with E-state index in [1.54, 1.807) is 46.9 Å². The first-order valence-corrected chi connectivity index (χ1v) is 9.62. The van der Waals surface area contributed by atoms with Crippen LogP contribution in [-0.4, -0.2) is 26.8 Å². The molecule has 0 fully saturated rings. The molecule has 0 unspecified atom stereocenters. The van der Waals surface area contributed by atoms with Gasteiger partial charge in [0.25, 0.3) is 0 Å². The van der Waals surface area contributed by atoms with Crippen LogP contribution < -0.4 is 4.74 Å². The summed E-state index contributed by atoms with van der Waals surface area (Å²) in [5, 5.41) is 13.9. The summed E-state index contributed by atoms with van der Waals surface area (Å²) in [4.78, 5) is 0. The average molecular weight is 432 g/mol. The lowest BCUT2D eigenvalue weighted by molar-refractivity contribution is 0.270. The highest BCUT2D eigenvalue weighted by Crippen LogP contribution is 2.36. The number of ether oxygens (including phenoxy) is 1. The second kappa shape index (κ2) is 8.81. The number of nitrogens with zero attached hydrogens (tertiary/aromatic N) is 4. The third-order valence-electron chi connectivity index (χ3n) is 3.09. The Hall–Kier alpha value is -1.67. The fourth-order valence-corrected chi connectivity index (χ4v) is 3.51. The number of hydrogen-bond acceptors (Lipinski definition) is 6. The van der Waals surface area contributed by atoms with Crippen molar-refractivity contribution in [3.8, 4) is 5.75 Å². The smallest absolute Gasteiger partial charge is 0.211 e. The summed E-state index contributed by atoms with van der Waals surface area (Å²) in [7, 11) is 0. The highest BCUT2D eigenvalue weighted by atomic mass is 35.5. The molecule has 0 saturated heterocycles. The maximum absolute atomic E-state index is 6.09. The molecule has 0 radical (unpaired) electrons. The fraction of sp³-hybridized carbons (Fsp3) is 0.188. The summed E-state index contributed by atoms with van der Waals surface area (Å²) in [5.41, 5.74) is 0. The number of thioether (sulfide) groups is 1. The zero-order chi connectivity index (χ0) is 18.5. The number of benzene rings is 1. The molecule has 2 aromatic heterocycles. The quantitative estimate of drug-likeness (QED) is 0.370. The van der Waals surface area contributed by atoms with Crippen molar-refractivity contribution < 1.29 is 9.15 Å². The first-order chi connectivity index (χ1) is 12.6. The van der Waals surface area contributed by atoms with Gasteiger partial charge in [0, 0.05) is 5.02 Å². The molecule has 0 amide bonds. The van der Waals surface area contributed by atoms with Crippen molar-refractivity contribution in [2.75, 3.05) is 5.75 Å². The van der Waals surface area contributed by atoms with E-state index >= 15 is 0 Å². The lowest BCUT2D eigenvalue weighted by Crippen LogP contribution is -1.95. The lowest BCUT2D eigenvalue weighted by Gasteiger charge is -2.08. The third-order valence-corrected chi connectivity index (χ3v) is 4.68. The average Bonchev–Trinajstić information content (AvgIpc) is 3.21. The van der Waals surface area contributed by atoms with Gasteiger partial charge in [0.2, 0.25) is 5.16 Å². The van der Waals surface area contributed by atoms with Crippen molar-refractivity contribution in [2.45, 2.75) is 18.7 Å². The standard InChI is InChI=1S/C16H13Cl3N4O2S/c1-2-26-16-22-20-9-23(16)21-7-11-3-4-12(25-11)8-24-15-13(18)5-10(17)6-14(15)19/h3-7,9H,2,8H2,1H3. The van der Waals surface area contributed by atoms with Gasteiger partial charge >= 0.3 is 0 Å². The Morgan fingerprint density at radius 2 is 2.04 bits per heavy atom. The van der Waals surface area contributed by atoms with E-state index in [0.29, 0.717) is 37.5 Å². The number of halogens is 3. The minimum atomic E-state index is 0.165. The van der Waals surface area contributed by atoms with Gasteiger partial charge in [0.1, 0.15) is 24.5 Å². The van der Waals surface area contributed by atoms with E-state index in [1.807, 2.05) is 6.92 Å². The summed E-state index contributed by atoms with van der Waals surface area (Å²) in [6, 6.07) is 6.70. The first kappa shape index (κ1) is 19.1. The van der Waals surface area contributed by atoms with Gasteiger partial charge in [-0.1, -0.05) is 53.5 Å². The number of aromatic nitrogens is 3. The molecule has 0 saturated carbocycles. The van der Waals surface area contributed by atoms with Crippen LogP contribution >= 0.6 is 46.6 Å². The highest BCUT2D eigenvalue weighted by Gasteiger charge is 2.11. The monoisotopic (exact) mass is 430 g/mol. The molecule has 0 aliphatic rings. The first-order valence-electron chi connectivity index (χ1n) is 7.50. The molecule has 0 bridgehead atoms. The lowest BCUT2D eigenvalue weighted by atomic mass is 10.3. The van der Waals surface area contributed by atoms with Crippen molar-refractivity contribution in [3.05, 3.63) is 57.2 Å². The molecule has 0 atom stereocenters. The molecule has 3 rings (SSSR count). The van der Waals surface area contributed by atoms with E-state index in [1.165, 1.54) is 6.33 Å². The summed E-state index contributed by atoms with van der Waals surface area (Å²) in [5.74, 6) is 2.40. The van der Waals surface area contributed by atoms with Crippen molar-refractivity contribution in [2.24, 2.45) is 5.10 Å². The Bertz CT molecular complexity index is 903. The molecule has 0 aliphatic heterocycles. The van der Waals surface area contributed by atoms with Crippen molar-refractivity contribution in [1.29, 1.82) is 0 Å². The fourth-order valence-electron chi connectivity index (χ4n) is 1.99. The molecule has 0 aliphatic carbocycles. The topological polar surface area (TPSA) is 65.4 Å². The molecule has 6 nitrogen and oxygen atoms in total. The van der Waals surface area contributed by atoms with Gasteiger partial charge in [-0.2, -0.15) is 9.78 Å². The largest absolute Gasteiger partial charge is 0.483 e. The molecular weight excluding hydrogens is 419 g/mol. The van der Waals surface area contributed by atoms with Gasteiger partial charge in [0.05, 0.1) is 16.3 Å². The maximum Gasteiger partial charge on any atom is 0.211 e. The van der Waals surface area contributed by atoms with Crippen molar-refractivity contribution in [3.63, 3.8) is 0 Å². The maximum atomic E-state index is 6.09. The zero-order valence-electron chi connectivity index (χ0n) is 13.5. The minimum Gasteiger partial charge on any atom is -0.483 e. The van der Waals surface area contributed by atoms with Gasteiger partial charge < -0.3 is 9.15 Å². The van der Waals surface area contributed by atoms with E-state index < -0.39 is 0 Å². The van der Waals surface area contributed by atoms with Gasteiger partial charge in [0.15, 0.2) is 5.75 Å². The van der Waals surface area contributed by atoms with Crippen LogP contribution in [0.2, 0.25) is 15.1 Å². The van der Waals surface area contributed by atoms with Gasteiger partial charge in [-0.3, -0.25) is 0 Å². The van der Waals surface area contributed by atoms with E-state index in [-0.39, 0.29) is 6.61 Å². The predicted octanol–water partition coefficient (Wildman–Crippen LogP) is 5.40. The Balaban J connectivity index is 1.65. The van der Waals surface area contributed by atoms with Crippen LogP contribution in [0.3, 0.4) is 0 Å². The Kier molecular flexibility index (Phi) is 6.48. The minimum absolute atomic E-state index is 0.165. The van der Waals surface area contributed by atoms with E-state index in [4.69, 9.17) is 44.0 Å². The summed E-state index contributed by atoms with van der Waals surface area (Å²) >= 11 is 19.6. The Morgan fingerprint density at radius 1 is 1.27 bits per heavy atom. The summed E-state index contributed by atoms with van der Waals surface area (Å²) in [6.45, 7) is 2.20. The molecule has 1 aromatic carbocycles. The van der Waals surface area contributed by atoms with Gasteiger partial charge in [-0.15, -0.1) is 10.2 Å². The second-order valence-corrected chi connectivity index (χ2v) is 7.41. The van der Waals surface area contributed by atoms with E-state index in [2.05, 4.69) is 15.3 Å². The second-order valence-electron chi connectivity index (χ2n) is 4.93. The normalized spacial score (nSPS) is 11.4. The van der Waals surface area contributed by atoms with Crippen LogP contribution in [-0.2, 0) is 6.61 Å². The summed E-state index contributed by atoms with van der Waals surface area (Å²) in [6.07, 6.45) is 3.11. The molecule has 3 aromatic rings. The Morgan fingerprint density at radius 3 is 2.77 bits per heavy atom.